The number of carbonyl (C=O) groups is 1. The summed E-state index contributed by atoms with van der Waals surface area (Å²) in [6.45, 7) is 4.03. The van der Waals surface area contributed by atoms with Crippen LogP contribution in [0.3, 0.4) is 0 Å². The van der Waals surface area contributed by atoms with Crippen molar-refractivity contribution in [1.29, 1.82) is 0 Å². The quantitative estimate of drug-likeness (QED) is 0.665. The van der Waals surface area contributed by atoms with E-state index in [-0.39, 0.29) is 5.97 Å². The zero-order valence-electron chi connectivity index (χ0n) is 11.3. The van der Waals surface area contributed by atoms with Crippen LogP contribution in [0.25, 0.3) is 11.0 Å². The molecule has 0 bridgehead atoms. The van der Waals surface area contributed by atoms with Gasteiger partial charge in [0.25, 0.3) is 0 Å². The van der Waals surface area contributed by atoms with Crippen molar-refractivity contribution < 1.29 is 13.9 Å². The van der Waals surface area contributed by atoms with E-state index >= 15 is 0 Å². The molecule has 19 heavy (non-hydrogen) atoms. The minimum absolute atomic E-state index is 0.351. The third-order valence-electron chi connectivity index (χ3n) is 2.81. The van der Waals surface area contributed by atoms with Crippen molar-refractivity contribution in [1.82, 2.24) is 0 Å². The van der Waals surface area contributed by atoms with Gasteiger partial charge in [0.15, 0.2) is 0 Å². The molecule has 2 rings (SSSR count). The van der Waals surface area contributed by atoms with Gasteiger partial charge in [-0.1, -0.05) is 25.8 Å². The minimum atomic E-state index is -0.351. The van der Waals surface area contributed by atoms with Crippen LogP contribution in [0.4, 0.5) is 5.69 Å². The van der Waals surface area contributed by atoms with Crippen molar-refractivity contribution in [3.63, 3.8) is 0 Å². The number of hydrogen-bond acceptors (Lipinski definition) is 5. The van der Waals surface area contributed by atoms with Gasteiger partial charge in [-0.15, -0.1) is 0 Å². The Labute approximate surface area is 116 Å². The molecule has 1 heterocycles. The number of methoxy groups -OCH3 is 1. The number of carbonyl (C=O) groups excluding carboxylic acids is 1. The van der Waals surface area contributed by atoms with E-state index in [1.54, 1.807) is 11.9 Å². The van der Waals surface area contributed by atoms with Gasteiger partial charge in [-0.25, -0.2) is 4.79 Å². The number of anilines is 1. The number of ether oxygens (including phenoxy) is 1. The fourth-order valence-corrected chi connectivity index (χ4v) is 2.38. The molecule has 2 aromatic rings. The van der Waals surface area contributed by atoms with Gasteiger partial charge in [0.1, 0.15) is 16.9 Å². The number of furan rings is 1. The molecule has 0 saturated carbocycles. The van der Waals surface area contributed by atoms with E-state index in [0.717, 1.165) is 16.8 Å². The van der Waals surface area contributed by atoms with Crippen LogP contribution in [0.1, 0.15) is 30.0 Å². The Kier molecular flexibility index (Phi) is 4.37. The van der Waals surface area contributed by atoms with Gasteiger partial charge in [0.2, 0.25) is 0 Å². The molecule has 1 aromatic carbocycles. The molecule has 0 aliphatic rings. The highest BCUT2D eigenvalue weighted by Gasteiger charge is 2.20. The fourth-order valence-electron chi connectivity index (χ4n) is 1.94. The maximum Gasteiger partial charge on any atom is 0.342 e. The van der Waals surface area contributed by atoms with Crippen LogP contribution in [0.15, 0.2) is 22.6 Å². The number of rotatable bonds is 5. The SMILES string of the molecule is CCSNc1ccc2oc(CC)c(C(=O)OC)c2c1. The summed E-state index contributed by atoms with van der Waals surface area (Å²) in [4.78, 5) is 11.9. The molecule has 5 heteroatoms. The van der Waals surface area contributed by atoms with Crippen LogP contribution in [-0.4, -0.2) is 18.8 Å². The van der Waals surface area contributed by atoms with Gasteiger partial charge >= 0.3 is 5.97 Å². The molecule has 4 nitrogen and oxygen atoms in total. The molecule has 102 valence electrons. The van der Waals surface area contributed by atoms with Gasteiger partial charge in [-0.3, -0.25) is 0 Å². The normalized spacial score (nSPS) is 10.7. The Morgan fingerprint density at radius 2 is 2.21 bits per heavy atom. The molecule has 0 fully saturated rings. The zero-order valence-corrected chi connectivity index (χ0v) is 12.1. The maximum absolute atomic E-state index is 11.9. The average Bonchev–Trinajstić information content (AvgIpc) is 2.81. The van der Waals surface area contributed by atoms with Crippen molar-refractivity contribution in [2.75, 3.05) is 17.6 Å². The summed E-state index contributed by atoms with van der Waals surface area (Å²) >= 11 is 1.61. The van der Waals surface area contributed by atoms with Crippen molar-refractivity contribution >= 4 is 34.6 Å². The van der Waals surface area contributed by atoms with E-state index in [1.165, 1.54) is 7.11 Å². The van der Waals surface area contributed by atoms with E-state index in [1.807, 2.05) is 25.1 Å². The van der Waals surface area contributed by atoms with E-state index in [4.69, 9.17) is 9.15 Å². The second-order valence-corrected chi connectivity index (χ2v) is 5.06. The predicted molar refractivity (Wildman–Crippen MR) is 78.7 cm³/mol. The van der Waals surface area contributed by atoms with Crippen LogP contribution in [0.5, 0.6) is 0 Å². The van der Waals surface area contributed by atoms with Crippen LogP contribution >= 0.6 is 11.9 Å². The third kappa shape index (κ3) is 2.71. The molecule has 0 radical (unpaired) electrons. The number of nitrogens with one attached hydrogen (secondary N) is 1. The average molecular weight is 279 g/mol. The third-order valence-corrected chi connectivity index (χ3v) is 3.47. The lowest BCUT2D eigenvalue weighted by molar-refractivity contribution is 0.0600. The smallest absolute Gasteiger partial charge is 0.342 e. The van der Waals surface area contributed by atoms with Gasteiger partial charge in [0.05, 0.1) is 7.11 Å². The molecule has 1 N–H and O–H groups in total. The Morgan fingerprint density at radius 3 is 2.84 bits per heavy atom. The summed E-state index contributed by atoms with van der Waals surface area (Å²) in [6.07, 6.45) is 0.658. The molecular formula is C14H17NO3S. The highest BCUT2D eigenvalue weighted by Crippen LogP contribution is 2.30. The standard InChI is InChI=1S/C14H17NO3S/c1-4-11-13(14(16)17-3)10-8-9(15-19-5-2)6-7-12(10)18-11/h6-8,15H,4-5H2,1-3H3. The largest absolute Gasteiger partial charge is 0.465 e. The van der Waals surface area contributed by atoms with E-state index in [2.05, 4.69) is 11.6 Å². The Morgan fingerprint density at radius 1 is 1.42 bits per heavy atom. The highest BCUT2D eigenvalue weighted by atomic mass is 32.2. The van der Waals surface area contributed by atoms with E-state index in [9.17, 15) is 4.79 Å². The second-order valence-electron chi connectivity index (χ2n) is 3.99. The van der Waals surface area contributed by atoms with Crippen molar-refractivity contribution in [3.05, 3.63) is 29.5 Å². The number of benzene rings is 1. The molecular weight excluding hydrogens is 262 g/mol. The molecule has 0 aliphatic heterocycles. The van der Waals surface area contributed by atoms with E-state index in [0.29, 0.717) is 23.3 Å². The van der Waals surface area contributed by atoms with E-state index < -0.39 is 0 Å². The van der Waals surface area contributed by atoms with Crippen molar-refractivity contribution in [2.45, 2.75) is 20.3 Å². The summed E-state index contributed by atoms with van der Waals surface area (Å²) < 4.78 is 13.8. The Hall–Kier alpha value is -1.62. The lowest BCUT2D eigenvalue weighted by atomic mass is 10.1. The second kappa shape index (κ2) is 6.02. The van der Waals surface area contributed by atoms with Crippen molar-refractivity contribution in [3.8, 4) is 0 Å². The highest BCUT2D eigenvalue weighted by molar-refractivity contribution is 8.00. The summed E-state index contributed by atoms with van der Waals surface area (Å²) in [7, 11) is 1.38. The molecule has 0 amide bonds. The number of hydrogen-bond donors (Lipinski definition) is 1. The van der Waals surface area contributed by atoms with Gasteiger partial charge in [0, 0.05) is 23.2 Å². The van der Waals surface area contributed by atoms with Gasteiger partial charge in [-0.05, 0) is 18.2 Å². The fraction of sp³-hybridized carbons (Fsp3) is 0.357. The molecule has 0 atom stereocenters. The topological polar surface area (TPSA) is 51.5 Å². The molecule has 0 unspecified atom stereocenters. The first kappa shape index (κ1) is 13.8. The van der Waals surface area contributed by atoms with Crippen LogP contribution in [0.2, 0.25) is 0 Å². The monoisotopic (exact) mass is 279 g/mol. The van der Waals surface area contributed by atoms with Crippen LogP contribution in [0, 0.1) is 0 Å². The van der Waals surface area contributed by atoms with Gasteiger partial charge < -0.3 is 13.9 Å². The summed E-state index contributed by atoms with van der Waals surface area (Å²) in [5, 5.41) is 0.797. The Bertz CT molecular complexity index is 592. The van der Waals surface area contributed by atoms with Crippen molar-refractivity contribution in [2.24, 2.45) is 0 Å². The Balaban J connectivity index is 2.52. The first-order valence-electron chi connectivity index (χ1n) is 6.22. The number of aryl methyl sites for hydroxylation is 1. The predicted octanol–water partition coefficient (Wildman–Crippen LogP) is 3.86. The molecule has 0 spiro atoms. The summed E-state index contributed by atoms with van der Waals surface area (Å²) in [5.74, 6) is 1.28. The van der Waals surface area contributed by atoms with Gasteiger partial charge in [-0.2, -0.15) is 0 Å². The number of esters is 1. The van der Waals surface area contributed by atoms with Crippen LogP contribution < -0.4 is 4.72 Å². The lowest BCUT2D eigenvalue weighted by Crippen LogP contribution is -2.03. The number of fused-ring (bicyclic) bond motifs is 1. The summed E-state index contributed by atoms with van der Waals surface area (Å²) in [6, 6.07) is 5.74. The molecule has 1 aromatic heterocycles. The maximum atomic E-state index is 11.9. The molecule has 0 saturated heterocycles. The summed E-state index contributed by atoms with van der Waals surface area (Å²) in [5.41, 5.74) is 2.20. The molecule has 0 aliphatic carbocycles. The minimum Gasteiger partial charge on any atom is -0.465 e. The first-order valence-corrected chi connectivity index (χ1v) is 7.21. The zero-order chi connectivity index (χ0) is 13.8. The van der Waals surface area contributed by atoms with Crippen LogP contribution in [-0.2, 0) is 11.2 Å². The lowest BCUT2D eigenvalue weighted by Gasteiger charge is -2.03. The first-order chi connectivity index (χ1) is 9.21.